The van der Waals surface area contributed by atoms with Gasteiger partial charge in [0.25, 0.3) is 5.69 Å². The average Bonchev–Trinajstić information content (AvgIpc) is 2.84. The molecule has 1 aromatic heterocycles. The summed E-state index contributed by atoms with van der Waals surface area (Å²) in [5.41, 5.74) is 1.44. The van der Waals surface area contributed by atoms with Crippen LogP contribution >= 0.6 is 0 Å². The van der Waals surface area contributed by atoms with Crippen LogP contribution in [0.2, 0.25) is 0 Å². The number of hydrogen-bond donors (Lipinski definition) is 1. The zero-order chi connectivity index (χ0) is 13.0. The molecule has 0 aliphatic rings. The Kier molecular flexibility index (Phi) is 3.52. The van der Waals surface area contributed by atoms with Gasteiger partial charge in [0.05, 0.1) is 11.5 Å². The second kappa shape index (κ2) is 5.26. The number of nitro groups is 1. The average molecular weight is 247 g/mol. The maximum atomic E-state index is 11.0. The van der Waals surface area contributed by atoms with Crippen LogP contribution in [0.5, 0.6) is 0 Å². The summed E-state index contributed by atoms with van der Waals surface area (Å²) in [6.07, 6.45) is 3.01. The third-order valence-electron chi connectivity index (χ3n) is 2.48. The molecule has 0 aliphatic heterocycles. The summed E-state index contributed by atoms with van der Waals surface area (Å²) < 4.78 is 1.62. The molecule has 94 valence electrons. The first-order valence-electron chi connectivity index (χ1n) is 5.55. The van der Waals surface area contributed by atoms with E-state index in [1.807, 2.05) is 13.0 Å². The van der Waals surface area contributed by atoms with Gasteiger partial charge in [0.15, 0.2) is 0 Å². The van der Waals surface area contributed by atoms with E-state index in [0.29, 0.717) is 18.8 Å². The summed E-state index contributed by atoms with van der Waals surface area (Å²) >= 11 is 0. The smallest absolute Gasteiger partial charge is 0.292 e. The quantitative estimate of drug-likeness (QED) is 0.641. The molecule has 0 amide bonds. The highest BCUT2D eigenvalue weighted by molar-refractivity contribution is 5.66. The molecule has 2 aromatic rings. The van der Waals surface area contributed by atoms with Crippen molar-refractivity contribution in [1.29, 1.82) is 0 Å². The Bertz CT molecular complexity index is 538. The number of anilines is 1. The van der Waals surface area contributed by atoms with Crippen molar-refractivity contribution >= 4 is 11.4 Å². The maximum Gasteiger partial charge on any atom is 0.292 e. The number of nitrogens with one attached hydrogen (secondary N) is 1. The van der Waals surface area contributed by atoms with Crippen LogP contribution in [-0.2, 0) is 6.54 Å². The number of nitrogens with zero attached hydrogens (tertiary/aromatic N) is 4. The van der Waals surface area contributed by atoms with Crippen molar-refractivity contribution in [1.82, 2.24) is 14.8 Å². The van der Waals surface area contributed by atoms with Crippen LogP contribution < -0.4 is 5.32 Å². The molecule has 0 bridgehead atoms. The molecule has 0 saturated carbocycles. The molecule has 7 nitrogen and oxygen atoms in total. The minimum absolute atomic E-state index is 0.0782. The van der Waals surface area contributed by atoms with Crippen molar-refractivity contribution in [2.75, 3.05) is 11.9 Å². The van der Waals surface area contributed by atoms with Gasteiger partial charge >= 0.3 is 0 Å². The van der Waals surface area contributed by atoms with E-state index in [1.165, 1.54) is 12.4 Å². The van der Waals surface area contributed by atoms with Crippen LogP contribution in [0, 0.1) is 10.1 Å². The molecule has 0 spiro atoms. The number of rotatable bonds is 5. The minimum atomic E-state index is -0.386. The van der Waals surface area contributed by atoms with Gasteiger partial charge in [-0.25, -0.2) is 9.67 Å². The van der Waals surface area contributed by atoms with Crippen LogP contribution in [0.1, 0.15) is 12.5 Å². The van der Waals surface area contributed by atoms with Gasteiger partial charge in [-0.05, 0) is 6.92 Å². The highest BCUT2D eigenvalue weighted by atomic mass is 16.6. The van der Waals surface area contributed by atoms with Gasteiger partial charge in [-0.2, -0.15) is 5.10 Å². The summed E-state index contributed by atoms with van der Waals surface area (Å²) in [6.45, 7) is 2.97. The molecule has 7 heteroatoms. The number of hydrogen-bond acceptors (Lipinski definition) is 5. The topological polar surface area (TPSA) is 85.9 Å². The molecule has 18 heavy (non-hydrogen) atoms. The predicted octanol–water partition coefficient (Wildman–Crippen LogP) is 1.67. The Balaban J connectivity index is 2.39. The monoisotopic (exact) mass is 247 g/mol. The molecule has 0 radical (unpaired) electrons. The Hall–Kier alpha value is -2.44. The maximum absolute atomic E-state index is 11.0. The first kappa shape index (κ1) is 12.0. The number of para-hydroxylation sites is 1. The van der Waals surface area contributed by atoms with Crippen molar-refractivity contribution in [2.24, 2.45) is 0 Å². The van der Waals surface area contributed by atoms with E-state index in [9.17, 15) is 10.1 Å². The Labute approximate surface area is 104 Å². The Morgan fingerprint density at radius 1 is 1.50 bits per heavy atom. The standard InChI is InChI=1S/C11H13N5O2/c1-2-13-11-9(6-15-8-12-7-14-15)4-3-5-10(11)16(17)18/h3-5,7-8,13H,2,6H2,1H3. The van der Waals surface area contributed by atoms with E-state index >= 15 is 0 Å². The van der Waals surface area contributed by atoms with Crippen LogP contribution in [0.4, 0.5) is 11.4 Å². The van der Waals surface area contributed by atoms with Crippen LogP contribution in [0.25, 0.3) is 0 Å². The van der Waals surface area contributed by atoms with Crippen LogP contribution in [-0.4, -0.2) is 26.2 Å². The van der Waals surface area contributed by atoms with Gasteiger partial charge < -0.3 is 5.32 Å². The molecule has 0 saturated heterocycles. The molecular weight excluding hydrogens is 234 g/mol. The lowest BCUT2D eigenvalue weighted by Crippen LogP contribution is -2.08. The highest BCUT2D eigenvalue weighted by Crippen LogP contribution is 2.28. The van der Waals surface area contributed by atoms with E-state index in [-0.39, 0.29) is 10.6 Å². The van der Waals surface area contributed by atoms with Crippen molar-refractivity contribution in [3.63, 3.8) is 0 Å². The SMILES string of the molecule is CCNc1c(Cn2cncn2)cccc1[N+](=O)[O-]. The second-order valence-electron chi connectivity index (χ2n) is 3.69. The van der Waals surface area contributed by atoms with Gasteiger partial charge in [0, 0.05) is 18.2 Å². The Morgan fingerprint density at radius 3 is 2.94 bits per heavy atom. The van der Waals surface area contributed by atoms with Crippen molar-refractivity contribution in [3.05, 3.63) is 46.5 Å². The molecule has 0 aliphatic carbocycles. The van der Waals surface area contributed by atoms with E-state index in [4.69, 9.17) is 0 Å². The molecule has 1 aromatic carbocycles. The van der Waals surface area contributed by atoms with Crippen molar-refractivity contribution in [3.8, 4) is 0 Å². The molecule has 0 unspecified atom stereocenters. The lowest BCUT2D eigenvalue weighted by molar-refractivity contribution is -0.384. The van der Waals surface area contributed by atoms with Gasteiger partial charge in [-0.15, -0.1) is 0 Å². The highest BCUT2D eigenvalue weighted by Gasteiger charge is 2.16. The summed E-state index contributed by atoms with van der Waals surface area (Å²) in [5.74, 6) is 0. The molecule has 1 heterocycles. The lowest BCUT2D eigenvalue weighted by Gasteiger charge is -2.10. The summed E-state index contributed by atoms with van der Waals surface area (Å²) in [4.78, 5) is 14.4. The van der Waals surface area contributed by atoms with Crippen molar-refractivity contribution < 1.29 is 4.92 Å². The zero-order valence-corrected chi connectivity index (χ0v) is 9.91. The van der Waals surface area contributed by atoms with E-state index in [0.717, 1.165) is 5.56 Å². The molecular formula is C11H13N5O2. The summed E-state index contributed by atoms with van der Waals surface area (Å²) in [7, 11) is 0. The predicted molar refractivity (Wildman–Crippen MR) is 66.4 cm³/mol. The van der Waals surface area contributed by atoms with E-state index in [1.54, 1.807) is 17.1 Å². The summed E-state index contributed by atoms with van der Waals surface area (Å²) in [5, 5.41) is 18.0. The molecule has 2 rings (SSSR count). The minimum Gasteiger partial charge on any atom is -0.379 e. The lowest BCUT2D eigenvalue weighted by atomic mass is 10.1. The molecule has 1 N–H and O–H groups in total. The molecule has 0 atom stereocenters. The fraction of sp³-hybridized carbons (Fsp3) is 0.273. The Morgan fingerprint density at radius 2 is 2.33 bits per heavy atom. The summed E-state index contributed by atoms with van der Waals surface area (Å²) in [6, 6.07) is 5.00. The second-order valence-corrected chi connectivity index (χ2v) is 3.69. The molecule has 0 fully saturated rings. The number of nitro benzene ring substituents is 1. The van der Waals surface area contributed by atoms with Gasteiger partial charge in [-0.1, -0.05) is 12.1 Å². The van der Waals surface area contributed by atoms with Crippen LogP contribution in [0.3, 0.4) is 0 Å². The van der Waals surface area contributed by atoms with Crippen LogP contribution in [0.15, 0.2) is 30.9 Å². The fourth-order valence-electron chi connectivity index (χ4n) is 1.74. The largest absolute Gasteiger partial charge is 0.379 e. The first-order chi connectivity index (χ1) is 8.72. The fourth-order valence-corrected chi connectivity index (χ4v) is 1.74. The number of benzene rings is 1. The third-order valence-corrected chi connectivity index (χ3v) is 2.48. The third kappa shape index (κ3) is 2.45. The van der Waals surface area contributed by atoms with Crippen molar-refractivity contribution in [2.45, 2.75) is 13.5 Å². The van der Waals surface area contributed by atoms with Gasteiger partial charge in [0.2, 0.25) is 0 Å². The first-order valence-corrected chi connectivity index (χ1v) is 5.55. The number of aromatic nitrogens is 3. The zero-order valence-electron chi connectivity index (χ0n) is 9.91. The van der Waals surface area contributed by atoms with Gasteiger partial charge in [-0.3, -0.25) is 10.1 Å². The normalized spacial score (nSPS) is 10.3. The van der Waals surface area contributed by atoms with E-state index in [2.05, 4.69) is 15.4 Å². The van der Waals surface area contributed by atoms with E-state index < -0.39 is 0 Å². The van der Waals surface area contributed by atoms with Gasteiger partial charge in [0.1, 0.15) is 18.3 Å².